The highest BCUT2D eigenvalue weighted by atomic mass is 16.6. The highest BCUT2D eigenvalue weighted by Gasteiger charge is 2.91. The molecule has 0 saturated heterocycles. The lowest BCUT2D eigenvalue weighted by Gasteiger charge is -2.19. The zero-order valence-electron chi connectivity index (χ0n) is 23.2. The molecule has 3 aromatic rings. The van der Waals surface area contributed by atoms with Crippen molar-refractivity contribution in [3.8, 4) is 0 Å². The Hall–Kier alpha value is -4.66. The minimum Gasteiger partial charge on any atom is -0.271 e. The molecule has 202 valence electrons. The lowest BCUT2D eigenvalue weighted by Crippen LogP contribution is -2.40. The van der Waals surface area contributed by atoms with Gasteiger partial charge in [0.15, 0.2) is 0 Å². The Kier molecular flexibility index (Phi) is 5.39. The Bertz CT molecular complexity index is 1630. The first-order chi connectivity index (χ1) is 19.0. The highest BCUT2D eigenvalue weighted by Crippen LogP contribution is 2.80. The topological polar surface area (TPSA) is 108 Å². The number of amides is 2. The third-order valence-corrected chi connectivity index (χ3v) is 9.02. The third kappa shape index (κ3) is 3.03. The number of para-hydroxylation sites is 1. The second kappa shape index (κ2) is 8.42. The molecule has 3 aromatic carbocycles. The lowest BCUT2D eigenvalue weighted by molar-refractivity contribution is -0.385. The molecule has 2 spiro atoms. The molecular weight excluding hydrogens is 506 g/mol. The Morgan fingerprint density at radius 1 is 0.700 bits per heavy atom. The fourth-order valence-electron chi connectivity index (χ4n) is 6.67. The summed E-state index contributed by atoms with van der Waals surface area (Å²) in [5, 5.41) is 24.2. The van der Waals surface area contributed by atoms with E-state index >= 15 is 0 Å². The maximum atomic E-state index is 14.6. The van der Waals surface area contributed by atoms with Crippen LogP contribution >= 0.6 is 0 Å². The fourth-order valence-corrected chi connectivity index (χ4v) is 6.67. The summed E-state index contributed by atoms with van der Waals surface area (Å²) in [7, 11) is 0. The van der Waals surface area contributed by atoms with Crippen LogP contribution in [0, 0.1) is 48.6 Å². The van der Waals surface area contributed by atoms with Gasteiger partial charge < -0.3 is 0 Å². The molecular formula is C31H29N5O4. The second-order valence-corrected chi connectivity index (χ2v) is 11.0. The van der Waals surface area contributed by atoms with E-state index in [1.165, 1.54) is 16.1 Å². The van der Waals surface area contributed by atoms with E-state index in [1.807, 2.05) is 64.1 Å². The van der Waals surface area contributed by atoms with Gasteiger partial charge in [0.1, 0.15) is 10.8 Å². The standard InChI is InChI=1S/C31H29N5O4/c1-17-11-13-23(15-19(17)3)34-28(37)30(21(5)32-34)27(25-9-7-8-10-26(25)36(39)40)31(30)22(6)33-35(29(31)38)24-14-12-18(2)20(4)16-24/h7-16,27H,1-6H3/t30-,31-/m1/s1. The van der Waals surface area contributed by atoms with Crippen LogP contribution in [0.3, 0.4) is 0 Å². The molecule has 2 aliphatic heterocycles. The van der Waals surface area contributed by atoms with Gasteiger partial charge in [-0.15, -0.1) is 0 Å². The summed E-state index contributed by atoms with van der Waals surface area (Å²) in [6, 6.07) is 17.6. The molecule has 6 rings (SSSR count). The number of carbonyl (C=O) groups is 2. The van der Waals surface area contributed by atoms with Crippen molar-refractivity contribution in [2.24, 2.45) is 21.0 Å². The summed E-state index contributed by atoms with van der Waals surface area (Å²) in [5.41, 5.74) is 3.46. The molecule has 3 aliphatic rings. The number of nitro benzene ring substituents is 1. The van der Waals surface area contributed by atoms with Gasteiger partial charge in [0.25, 0.3) is 17.5 Å². The van der Waals surface area contributed by atoms with Gasteiger partial charge in [0.2, 0.25) is 0 Å². The van der Waals surface area contributed by atoms with Gasteiger partial charge >= 0.3 is 0 Å². The van der Waals surface area contributed by atoms with Crippen LogP contribution in [-0.4, -0.2) is 28.2 Å². The average molecular weight is 536 g/mol. The molecule has 9 nitrogen and oxygen atoms in total. The van der Waals surface area contributed by atoms with Crippen LogP contribution < -0.4 is 10.0 Å². The highest BCUT2D eigenvalue weighted by molar-refractivity contribution is 6.37. The van der Waals surface area contributed by atoms with Crippen LogP contribution in [0.1, 0.15) is 47.6 Å². The van der Waals surface area contributed by atoms with E-state index in [2.05, 4.69) is 0 Å². The smallest absolute Gasteiger partial charge is 0.271 e. The van der Waals surface area contributed by atoms with E-state index in [4.69, 9.17) is 10.2 Å². The van der Waals surface area contributed by atoms with E-state index in [-0.39, 0.29) is 17.5 Å². The molecule has 40 heavy (non-hydrogen) atoms. The predicted molar refractivity (Wildman–Crippen MR) is 154 cm³/mol. The third-order valence-electron chi connectivity index (χ3n) is 9.02. The molecule has 1 aliphatic carbocycles. The predicted octanol–water partition coefficient (Wildman–Crippen LogP) is 5.74. The Labute approximate surface area is 231 Å². The number of benzene rings is 3. The number of hydrazone groups is 2. The van der Waals surface area contributed by atoms with Crippen LogP contribution in [0.5, 0.6) is 0 Å². The summed E-state index contributed by atoms with van der Waals surface area (Å²) in [6.07, 6.45) is 0. The number of carbonyl (C=O) groups excluding carboxylic acids is 2. The van der Waals surface area contributed by atoms with Crippen molar-refractivity contribution in [1.29, 1.82) is 0 Å². The number of nitrogens with zero attached hydrogens (tertiary/aromatic N) is 5. The van der Waals surface area contributed by atoms with Crippen molar-refractivity contribution in [3.63, 3.8) is 0 Å². The molecule has 2 atom stereocenters. The number of fused-ring (bicyclic) bond motifs is 1. The Morgan fingerprint density at radius 2 is 1.15 bits per heavy atom. The molecule has 0 radical (unpaired) electrons. The van der Waals surface area contributed by atoms with E-state index in [0.717, 1.165) is 22.3 Å². The fraction of sp³-hybridized carbons (Fsp3) is 0.290. The van der Waals surface area contributed by atoms with Crippen LogP contribution in [0.15, 0.2) is 70.9 Å². The molecule has 0 aromatic heterocycles. The molecule has 0 N–H and O–H groups in total. The normalized spacial score (nSPS) is 25.2. The van der Waals surface area contributed by atoms with E-state index in [1.54, 1.807) is 32.0 Å². The molecule has 0 unspecified atom stereocenters. The first kappa shape index (κ1) is 25.6. The summed E-state index contributed by atoms with van der Waals surface area (Å²) >= 11 is 0. The van der Waals surface area contributed by atoms with Crippen molar-refractivity contribution >= 4 is 40.3 Å². The number of hydrogen-bond acceptors (Lipinski definition) is 6. The van der Waals surface area contributed by atoms with Gasteiger partial charge in [0.05, 0.1) is 27.7 Å². The first-order valence-corrected chi connectivity index (χ1v) is 13.2. The maximum absolute atomic E-state index is 14.6. The minimum absolute atomic E-state index is 0.140. The van der Waals surface area contributed by atoms with Crippen molar-refractivity contribution in [3.05, 3.63) is 98.6 Å². The summed E-state index contributed by atoms with van der Waals surface area (Å²) < 4.78 is 0. The monoisotopic (exact) mass is 535 g/mol. The van der Waals surface area contributed by atoms with Crippen LogP contribution in [-0.2, 0) is 9.59 Å². The molecule has 0 bridgehead atoms. The number of aryl methyl sites for hydroxylation is 4. The quantitative estimate of drug-likeness (QED) is 0.313. The summed E-state index contributed by atoms with van der Waals surface area (Å²) in [4.78, 5) is 40.8. The van der Waals surface area contributed by atoms with E-state index in [0.29, 0.717) is 28.4 Å². The van der Waals surface area contributed by atoms with Crippen molar-refractivity contribution in [2.45, 2.75) is 47.5 Å². The molecule has 9 heteroatoms. The zero-order valence-corrected chi connectivity index (χ0v) is 23.2. The summed E-state index contributed by atoms with van der Waals surface area (Å²) in [6.45, 7) is 11.3. The number of nitro groups is 1. The van der Waals surface area contributed by atoms with Gasteiger partial charge in [-0.05, 0) is 88.1 Å². The minimum atomic E-state index is -1.45. The maximum Gasteiger partial charge on any atom is 0.272 e. The van der Waals surface area contributed by atoms with Crippen molar-refractivity contribution in [1.82, 2.24) is 0 Å². The summed E-state index contributed by atoms with van der Waals surface area (Å²) in [5.74, 6) is -1.62. The molecule has 1 saturated carbocycles. The Balaban J connectivity index is 1.56. The average Bonchev–Trinajstić information content (AvgIpc) is 3.40. The van der Waals surface area contributed by atoms with Gasteiger partial charge in [-0.2, -0.15) is 20.2 Å². The second-order valence-electron chi connectivity index (χ2n) is 11.0. The first-order valence-electron chi connectivity index (χ1n) is 13.2. The van der Waals surface area contributed by atoms with E-state index in [9.17, 15) is 19.7 Å². The van der Waals surface area contributed by atoms with Crippen LogP contribution in [0.25, 0.3) is 0 Å². The van der Waals surface area contributed by atoms with Crippen LogP contribution in [0.2, 0.25) is 0 Å². The van der Waals surface area contributed by atoms with Crippen molar-refractivity contribution in [2.75, 3.05) is 10.0 Å². The van der Waals surface area contributed by atoms with Crippen LogP contribution in [0.4, 0.5) is 17.1 Å². The molecule has 2 amide bonds. The largest absolute Gasteiger partial charge is 0.272 e. The van der Waals surface area contributed by atoms with Gasteiger partial charge in [0, 0.05) is 17.5 Å². The SMILES string of the molecule is CC1=NN(c2ccc(C)c(C)c2)C(=O)[C@]12C(c1ccccc1[N+](=O)[O-])[C@]21C(=O)N(c2ccc(C)c(C)c2)N=C1C. The van der Waals surface area contributed by atoms with Gasteiger partial charge in [-0.1, -0.05) is 30.3 Å². The number of rotatable bonds is 4. The lowest BCUT2D eigenvalue weighted by atomic mass is 9.85. The van der Waals surface area contributed by atoms with Gasteiger partial charge in [-0.3, -0.25) is 19.7 Å². The number of anilines is 2. The zero-order chi connectivity index (χ0) is 28.7. The molecule has 2 heterocycles. The Morgan fingerprint density at radius 3 is 1.57 bits per heavy atom. The van der Waals surface area contributed by atoms with Crippen molar-refractivity contribution < 1.29 is 14.5 Å². The number of hydrogen-bond donors (Lipinski definition) is 0. The molecule has 1 fully saturated rings. The van der Waals surface area contributed by atoms with Gasteiger partial charge in [-0.25, -0.2) is 0 Å². The van der Waals surface area contributed by atoms with E-state index < -0.39 is 21.7 Å².